The summed E-state index contributed by atoms with van der Waals surface area (Å²) in [6.45, 7) is -0.428. The van der Waals surface area contributed by atoms with Crippen LogP contribution in [0.2, 0.25) is 0 Å². The Kier molecular flexibility index (Phi) is 5.12. The Hall–Kier alpha value is -3.34. The van der Waals surface area contributed by atoms with Crippen molar-refractivity contribution in [1.82, 2.24) is 11.1 Å². The molecule has 11 heteroatoms. The number of halogens is 4. The molecular formula is C16H13F4N5O2. The van der Waals surface area contributed by atoms with Crippen molar-refractivity contribution in [2.45, 2.75) is 6.18 Å². The number of benzene rings is 2. The van der Waals surface area contributed by atoms with E-state index >= 15 is 0 Å². The van der Waals surface area contributed by atoms with E-state index < -0.39 is 30.1 Å². The van der Waals surface area contributed by atoms with Crippen molar-refractivity contribution in [2.24, 2.45) is 5.10 Å². The average Bonchev–Trinajstić information content (AvgIpc) is 3.16. The maximum Gasteiger partial charge on any atom is 0.419 e. The Balaban J connectivity index is 1.56. The molecule has 7 nitrogen and oxygen atoms in total. The second-order valence-electron chi connectivity index (χ2n) is 5.36. The largest absolute Gasteiger partial charge is 0.484 e. The van der Waals surface area contributed by atoms with E-state index in [2.05, 4.69) is 21.5 Å². The molecule has 0 saturated carbocycles. The fraction of sp³-hybridized carbons (Fsp3) is 0.125. The summed E-state index contributed by atoms with van der Waals surface area (Å²) >= 11 is 0. The minimum Gasteiger partial charge on any atom is -0.484 e. The average molecular weight is 383 g/mol. The van der Waals surface area contributed by atoms with Crippen molar-refractivity contribution < 1.29 is 27.1 Å². The zero-order valence-corrected chi connectivity index (χ0v) is 13.5. The van der Waals surface area contributed by atoms with Crippen molar-refractivity contribution in [3.63, 3.8) is 0 Å². The lowest BCUT2D eigenvalue weighted by Crippen LogP contribution is -2.37. The zero-order valence-electron chi connectivity index (χ0n) is 13.5. The van der Waals surface area contributed by atoms with E-state index in [1.807, 2.05) is 0 Å². The molecule has 0 fully saturated rings. The number of nitrogens with one attached hydrogen (secondary N) is 3. The number of carbonyl (C=O) groups excluding carboxylic acids is 1. The minimum absolute atomic E-state index is 0.181. The molecule has 1 aliphatic rings. The Morgan fingerprint density at radius 3 is 2.56 bits per heavy atom. The van der Waals surface area contributed by atoms with Gasteiger partial charge in [0, 0.05) is 5.69 Å². The fourth-order valence-electron chi connectivity index (χ4n) is 2.20. The van der Waals surface area contributed by atoms with Gasteiger partial charge < -0.3 is 10.1 Å². The maximum absolute atomic E-state index is 13.2. The van der Waals surface area contributed by atoms with Gasteiger partial charge in [-0.25, -0.2) is 14.9 Å². The number of hydrazone groups is 1. The van der Waals surface area contributed by atoms with Crippen LogP contribution in [0.3, 0.4) is 0 Å². The van der Waals surface area contributed by atoms with Gasteiger partial charge in [-0.15, -0.1) is 5.53 Å². The van der Waals surface area contributed by atoms with Crippen molar-refractivity contribution in [3.8, 4) is 5.75 Å². The molecule has 3 N–H and O–H groups in total. The van der Waals surface area contributed by atoms with Crippen LogP contribution in [0.25, 0.3) is 0 Å². The van der Waals surface area contributed by atoms with Gasteiger partial charge in [0.05, 0.1) is 11.3 Å². The highest BCUT2D eigenvalue weighted by Gasteiger charge is 2.34. The first-order chi connectivity index (χ1) is 12.8. The summed E-state index contributed by atoms with van der Waals surface area (Å²) in [5.41, 5.74) is 4.39. The lowest BCUT2D eigenvalue weighted by molar-refractivity contribution is -0.140. The maximum atomic E-state index is 13.2. The van der Waals surface area contributed by atoms with Crippen LogP contribution >= 0.6 is 0 Å². The molecule has 0 spiro atoms. The molecule has 0 radical (unpaired) electrons. The van der Waals surface area contributed by atoms with Crippen LogP contribution < -0.4 is 26.1 Å². The van der Waals surface area contributed by atoms with Crippen LogP contribution in [-0.2, 0) is 11.0 Å². The number of alkyl halides is 3. The predicted octanol–water partition coefficient (Wildman–Crippen LogP) is 2.63. The normalized spacial score (nSPS) is 13.4. The van der Waals surface area contributed by atoms with Gasteiger partial charge in [-0.05, 0) is 42.5 Å². The van der Waals surface area contributed by atoms with E-state index in [-0.39, 0.29) is 5.69 Å². The SMILES string of the molecule is O=C(COc1ccc(N2C=NNN2)cc1)Nc1ccc(F)c(C(F)(F)F)c1. The first kappa shape index (κ1) is 18.5. The van der Waals surface area contributed by atoms with Crippen LogP contribution in [0.1, 0.15) is 5.56 Å². The highest BCUT2D eigenvalue weighted by Crippen LogP contribution is 2.33. The van der Waals surface area contributed by atoms with E-state index in [9.17, 15) is 22.4 Å². The molecule has 1 heterocycles. The number of hydrogen-bond acceptors (Lipinski definition) is 6. The third-order valence-electron chi connectivity index (χ3n) is 3.45. The molecule has 0 unspecified atom stereocenters. The van der Waals surface area contributed by atoms with Gasteiger partial charge in [0.2, 0.25) is 0 Å². The van der Waals surface area contributed by atoms with E-state index in [1.165, 1.54) is 6.34 Å². The second kappa shape index (κ2) is 7.50. The first-order valence-corrected chi connectivity index (χ1v) is 7.55. The number of carbonyl (C=O) groups is 1. The number of amides is 1. The van der Waals surface area contributed by atoms with Gasteiger partial charge in [-0.1, -0.05) is 0 Å². The summed E-state index contributed by atoms with van der Waals surface area (Å²) in [7, 11) is 0. The number of anilines is 2. The van der Waals surface area contributed by atoms with E-state index in [4.69, 9.17) is 4.74 Å². The van der Waals surface area contributed by atoms with Crippen LogP contribution in [-0.4, -0.2) is 18.9 Å². The van der Waals surface area contributed by atoms with Crippen molar-refractivity contribution in [1.29, 1.82) is 0 Å². The fourth-order valence-corrected chi connectivity index (χ4v) is 2.20. The van der Waals surface area contributed by atoms with Gasteiger partial charge >= 0.3 is 6.18 Å². The summed E-state index contributed by atoms with van der Waals surface area (Å²) < 4.78 is 56.6. The van der Waals surface area contributed by atoms with Gasteiger partial charge in [-0.2, -0.15) is 18.3 Å². The summed E-state index contributed by atoms with van der Waals surface area (Å²) in [4.78, 5) is 11.9. The lowest BCUT2D eigenvalue weighted by Gasteiger charge is -2.14. The number of nitrogens with zero attached hydrogens (tertiary/aromatic N) is 2. The quantitative estimate of drug-likeness (QED) is 0.692. The number of hydrogen-bond donors (Lipinski definition) is 3. The van der Waals surface area contributed by atoms with Gasteiger partial charge in [0.1, 0.15) is 17.9 Å². The first-order valence-electron chi connectivity index (χ1n) is 7.55. The zero-order chi connectivity index (χ0) is 19.4. The molecule has 1 aliphatic heterocycles. The molecule has 0 aromatic heterocycles. The lowest BCUT2D eigenvalue weighted by atomic mass is 10.2. The topological polar surface area (TPSA) is 78.0 Å². The van der Waals surface area contributed by atoms with Crippen LogP contribution in [0.5, 0.6) is 5.75 Å². The van der Waals surface area contributed by atoms with Gasteiger partial charge in [0.25, 0.3) is 5.91 Å². The third-order valence-corrected chi connectivity index (χ3v) is 3.45. The molecule has 1 amide bonds. The summed E-state index contributed by atoms with van der Waals surface area (Å²) in [6, 6.07) is 8.83. The number of ether oxygens (including phenoxy) is 1. The Bertz CT molecular complexity index is 855. The highest BCUT2D eigenvalue weighted by atomic mass is 19.4. The summed E-state index contributed by atoms with van der Waals surface area (Å²) in [5.74, 6) is -1.71. The molecular weight excluding hydrogens is 370 g/mol. The molecule has 2 aromatic rings. The van der Waals surface area contributed by atoms with Gasteiger partial charge in [0.15, 0.2) is 6.61 Å². The number of rotatable bonds is 5. The van der Waals surface area contributed by atoms with Gasteiger partial charge in [-0.3, -0.25) is 4.79 Å². The highest BCUT2D eigenvalue weighted by molar-refractivity contribution is 5.92. The van der Waals surface area contributed by atoms with Crippen LogP contribution in [0.4, 0.5) is 28.9 Å². The summed E-state index contributed by atoms with van der Waals surface area (Å²) in [6.07, 6.45) is -3.34. The molecule has 0 aliphatic carbocycles. The monoisotopic (exact) mass is 383 g/mol. The molecule has 3 rings (SSSR count). The molecule has 0 bridgehead atoms. The third kappa shape index (κ3) is 4.64. The second-order valence-corrected chi connectivity index (χ2v) is 5.36. The minimum atomic E-state index is -4.85. The number of hydrazine groups is 2. The van der Waals surface area contributed by atoms with Crippen molar-refractivity contribution >= 4 is 23.6 Å². The van der Waals surface area contributed by atoms with E-state index in [1.54, 1.807) is 29.3 Å². The Morgan fingerprint density at radius 1 is 1.19 bits per heavy atom. The van der Waals surface area contributed by atoms with Crippen molar-refractivity contribution in [2.75, 3.05) is 16.9 Å². The molecule has 27 heavy (non-hydrogen) atoms. The van der Waals surface area contributed by atoms with Crippen LogP contribution in [0.15, 0.2) is 47.6 Å². The molecule has 0 saturated heterocycles. The van der Waals surface area contributed by atoms with Crippen molar-refractivity contribution in [3.05, 3.63) is 53.8 Å². The Morgan fingerprint density at radius 2 is 1.93 bits per heavy atom. The van der Waals surface area contributed by atoms with Crippen LogP contribution in [0, 0.1) is 5.82 Å². The Labute approximate surface area is 150 Å². The van der Waals surface area contributed by atoms with E-state index in [0.717, 1.165) is 11.8 Å². The smallest absolute Gasteiger partial charge is 0.419 e. The summed E-state index contributed by atoms with van der Waals surface area (Å²) in [5, 5.41) is 7.59. The molecule has 2 aromatic carbocycles. The standard InChI is InChI=1S/C16H13F4N5O2/c17-14-6-1-10(7-13(14)16(18,19)20)22-15(26)8-27-12-4-2-11(3-5-12)25-9-21-23-24-25/h1-7,9,23-24H,8H2,(H,22,26). The predicted molar refractivity (Wildman–Crippen MR) is 89.2 cm³/mol. The molecule has 0 atom stereocenters. The molecule has 142 valence electrons. The van der Waals surface area contributed by atoms with E-state index in [0.29, 0.717) is 17.9 Å².